The number of halogens is 2. The molecule has 0 unspecified atom stereocenters. The van der Waals surface area contributed by atoms with E-state index in [-0.39, 0.29) is 24.1 Å². The molecule has 0 bridgehead atoms. The Morgan fingerprint density at radius 3 is 2.63 bits per heavy atom. The van der Waals surface area contributed by atoms with Crippen LogP contribution in [0.1, 0.15) is 21.6 Å². The number of hydrogen-bond acceptors (Lipinski definition) is 5. The van der Waals surface area contributed by atoms with E-state index in [0.717, 1.165) is 5.56 Å². The summed E-state index contributed by atoms with van der Waals surface area (Å²) in [7, 11) is 0. The number of anilines is 1. The Balaban J connectivity index is 1.57. The van der Waals surface area contributed by atoms with Gasteiger partial charge in [-0.15, -0.1) is 0 Å². The molecule has 3 aromatic rings. The number of aliphatic hydroxyl groups is 1. The SMILES string of the molecule is O=C(Nc1ccc(COc2ccc(F)c(Cl)c2)cn1)c1ccc(CO)nc1. The number of aliphatic hydroxyl groups excluding tert-OH is 1. The number of benzene rings is 1. The third-order valence-electron chi connectivity index (χ3n) is 3.61. The smallest absolute Gasteiger partial charge is 0.258 e. The van der Waals surface area contributed by atoms with E-state index in [0.29, 0.717) is 22.8 Å². The number of carbonyl (C=O) groups is 1. The molecule has 27 heavy (non-hydrogen) atoms. The fraction of sp³-hybridized carbons (Fsp3) is 0.105. The number of aromatic nitrogens is 2. The van der Waals surface area contributed by atoms with Crippen LogP contribution in [0.2, 0.25) is 5.02 Å². The first-order chi connectivity index (χ1) is 13.0. The van der Waals surface area contributed by atoms with E-state index < -0.39 is 5.82 Å². The first-order valence-corrected chi connectivity index (χ1v) is 8.33. The summed E-state index contributed by atoms with van der Waals surface area (Å²) in [4.78, 5) is 20.3. The standard InChI is InChI=1S/C19H15ClFN3O3/c20-16-7-15(4-5-17(16)21)27-11-12-1-6-18(23-8-12)24-19(26)13-2-3-14(10-25)22-9-13/h1-9,25H,10-11H2,(H,23,24,26). The lowest BCUT2D eigenvalue weighted by Crippen LogP contribution is -2.13. The van der Waals surface area contributed by atoms with Crippen LogP contribution in [-0.4, -0.2) is 21.0 Å². The van der Waals surface area contributed by atoms with Gasteiger partial charge in [0, 0.05) is 24.0 Å². The molecule has 0 fully saturated rings. The van der Waals surface area contributed by atoms with Gasteiger partial charge in [0.05, 0.1) is 22.9 Å². The molecule has 0 spiro atoms. The summed E-state index contributed by atoms with van der Waals surface area (Å²) in [6, 6.07) is 10.7. The van der Waals surface area contributed by atoms with Gasteiger partial charge in [0.2, 0.25) is 0 Å². The Hall–Kier alpha value is -3.03. The van der Waals surface area contributed by atoms with Crippen molar-refractivity contribution < 1.29 is 19.0 Å². The highest BCUT2D eigenvalue weighted by atomic mass is 35.5. The zero-order chi connectivity index (χ0) is 19.2. The Morgan fingerprint density at radius 2 is 2.00 bits per heavy atom. The predicted molar refractivity (Wildman–Crippen MR) is 98.1 cm³/mol. The number of nitrogens with zero attached hydrogens (tertiary/aromatic N) is 2. The fourth-order valence-electron chi connectivity index (χ4n) is 2.16. The second kappa shape index (κ2) is 8.57. The second-order valence-corrected chi connectivity index (χ2v) is 5.97. The lowest BCUT2D eigenvalue weighted by atomic mass is 10.2. The zero-order valence-corrected chi connectivity index (χ0v) is 14.8. The number of nitrogens with one attached hydrogen (secondary N) is 1. The van der Waals surface area contributed by atoms with Gasteiger partial charge in [-0.2, -0.15) is 0 Å². The average molecular weight is 388 g/mol. The van der Waals surface area contributed by atoms with Crippen molar-refractivity contribution >= 4 is 23.3 Å². The van der Waals surface area contributed by atoms with E-state index in [9.17, 15) is 9.18 Å². The molecule has 138 valence electrons. The highest BCUT2D eigenvalue weighted by Crippen LogP contribution is 2.22. The van der Waals surface area contributed by atoms with Crippen LogP contribution in [0, 0.1) is 5.82 Å². The second-order valence-electron chi connectivity index (χ2n) is 5.57. The van der Waals surface area contributed by atoms with Gasteiger partial charge in [-0.05, 0) is 30.3 Å². The quantitative estimate of drug-likeness (QED) is 0.675. The van der Waals surface area contributed by atoms with Crippen LogP contribution in [0.25, 0.3) is 0 Å². The molecular weight excluding hydrogens is 373 g/mol. The van der Waals surface area contributed by atoms with Gasteiger partial charge in [0.15, 0.2) is 0 Å². The van der Waals surface area contributed by atoms with E-state index in [1.807, 2.05) is 0 Å². The van der Waals surface area contributed by atoms with Crippen LogP contribution in [0.4, 0.5) is 10.2 Å². The Kier molecular flexibility index (Phi) is 5.95. The van der Waals surface area contributed by atoms with Gasteiger partial charge in [-0.25, -0.2) is 9.37 Å². The van der Waals surface area contributed by atoms with Gasteiger partial charge < -0.3 is 15.2 Å². The molecule has 0 aliphatic rings. The Labute approximate surface area is 159 Å². The van der Waals surface area contributed by atoms with Crippen LogP contribution in [-0.2, 0) is 13.2 Å². The molecule has 0 radical (unpaired) electrons. The topological polar surface area (TPSA) is 84.3 Å². The highest BCUT2D eigenvalue weighted by molar-refractivity contribution is 6.30. The summed E-state index contributed by atoms with van der Waals surface area (Å²) in [5.74, 6) is -0.0474. The molecular formula is C19H15ClFN3O3. The van der Waals surface area contributed by atoms with Gasteiger partial charge >= 0.3 is 0 Å². The van der Waals surface area contributed by atoms with Crippen molar-refractivity contribution in [3.05, 3.63) is 82.5 Å². The van der Waals surface area contributed by atoms with Crippen LogP contribution in [0.3, 0.4) is 0 Å². The molecule has 0 saturated heterocycles. The van der Waals surface area contributed by atoms with E-state index in [1.54, 1.807) is 30.5 Å². The van der Waals surface area contributed by atoms with Crippen molar-refractivity contribution in [3.63, 3.8) is 0 Å². The first kappa shape index (κ1) is 18.8. The van der Waals surface area contributed by atoms with Crippen molar-refractivity contribution in [3.8, 4) is 5.75 Å². The molecule has 0 saturated carbocycles. The number of hydrogen-bond donors (Lipinski definition) is 2. The van der Waals surface area contributed by atoms with Crippen LogP contribution in [0.5, 0.6) is 5.75 Å². The molecule has 3 rings (SSSR count). The largest absolute Gasteiger partial charge is 0.489 e. The van der Waals surface area contributed by atoms with Crippen molar-refractivity contribution in [1.29, 1.82) is 0 Å². The minimum Gasteiger partial charge on any atom is -0.489 e. The predicted octanol–water partition coefficient (Wildman–Crippen LogP) is 3.59. The summed E-state index contributed by atoms with van der Waals surface area (Å²) in [6.45, 7) is 0.0346. The average Bonchev–Trinajstić information content (AvgIpc) is 2.70. The Morgan fingerprint density at radius 1 is 1.15 bits per heavy atom. The van der Waals surface area contributed by atoms with E-state index in [1.165, 1.54) is 24.4 Å². The maximum atomic E-state index is 13.1. The van der Waals surface area contributed by atoms with E-state index in [4.69, 9.17) is 21.4 Å². The summed E-state index contributed by atoms with van der Waals surface area (Å²) in [5.41, 5.74) is 1.61. The summed E-state index contributed by atoms with van der Waals surface area (Å²) in [5, 5.41) is 11.6. The molecule has 0 aliphatic heterocycles. The maximum absolute atomic E-state index is 13.1. The lowest BCUT2D eigenvalue weighted by Gasteiger charge is -2.08. The van der Waals surface area contributed by atoms with Gasteiger partial charge in [0.1, 0.15) is 24.0 Å². The van der Waals surface area contributed by atoms with E-state index >= 15 is 0 Å². The van der Waals surface area contributed by atoms with Crippen molar-refractivity contribution in [2.75, 3.05) is 5.32 Å². The summed E-state index contributed by atoms with van der Waals surface area (Å²) in [6.07, 6.45) is 2.95. The summed E-state index contributed by atoms with van der Waals surface area (Å²) < 4.78 is 18.7. The molecule has 6 nitrogen and oxygen atoms in total. The molecule has 0 aliphatic carbocycles. The molecule has 0 atom stereocenters. The Bertz CT molecular complexity index is 934. The normalized spacial score (nSPS) is 10.5. The van der Waals surface area contributed by atoms with Gasteiger partial charge in [-0.1, -0.05) is 17.7 Å². The number of amides is 1. The van der Waals surface area contributed by atoms with Crippen LogP contribution in [0.15, 0.2) is 54.9 Å². The number of ether oxygens (including phenoxy) is 1. The minimum absolute atomic E-state index is 0.00908. The van der Waals surface area contributed by atoms with Crippen molar-refractivity contribution in [2.24, 2.45) is 0 Å². The van der Waals surface area contributed by atoms with Crippen molar-refractivity contribution in [2.45, 2.75) is 13.2 Å². The molecule has 1 aromatic carbocycles. The number of carbonyl (C=O) groups excluding carboxylic acids is 1. The molecule has 2 aromatic heterocycles. The highest BCUT2D eigenvalue weighted by Gasteiger charge is 2.08. The molecule has 2 heterocycles. The van der Waals surface area contributed by atoms with Crippen LogP contribution >= 0.6 is 11.6 Å². The number of pyridine rings is 2. The minimum atomic E-state index is -0.507. The summed E-state index contributed by atoms with van der Waals surface area (Å²) >= 11 is 5.71. The van der Waals surface area contributed by atoms with Crippen LogP contribution < -0.4 is 10.1 Å². The third kappa shape index (κ3) is 4.99. The monoisotopic (exact) mass is 387 g/mol. The molecule has 8 heteroatoms. The fourth-order valence-corrected chi connectivity index (χ4v) is 2.33. The molecule has 1 amide bonds. The van der Waals surface area contributed by atoms with Gasteiger partial charge in [0.25, 0.3) is 5.91 Å². The van der Waals surface area contributed by atoms with Gasteiger partial charge in [-0.3, -0.25) is 9.78 Å². The zero-order valence-electron chi connectivity index (χ0n) is 14.0. The molecule has 2 N–H and O–H groups in total. The van der Waals surface area contributed by atoms with E-state index in [2.05, 4.69) is 15.3 Å². The first-order valence-electron chi connectivity index (χ1n) is 7.95. The number of rotatable bonds is 6. The maximum Gasteiger partial charge on any atom is 0.258 e. The van der Waals surface area contributed by atoms with Crippen molar-refractivity contribution in [1.82, 2.24) is 9.97 Å². The third-order valence-corrected chi connectivity index (χ3v) is 3.90. The lowest BCUT2D eigenvalue weighted by molar-refractivity contribution is 0.102.